The van der Waals surface area contributed by atoms with Crippen molar-refractivity contribution >= 4 is 82.4 Å². The number of aliphatic hydroxyl groups excluding tert-OH is 1. The standard InChI is InChI=1S/C49H75ClN16O13/c1-25(2)40(64-44(75)32(8-6-14-55-49(52)53)61-37(70)20-56-42(73)31(51)23-67)47(78)65-41(26(3)4)48(79)66-15-7-9-35(66)46(77)58-22-39(72)62-33(16-28-10-12-30(68)13-11-28)43(74)57-21-38(71)63-34(17-29-19-54-24-59-29)45(76)60-27(5)36(69)18-50/h10-13,19,24-27,31-35,40-41,67-68H,6-9,14-18,20-23,51H2,1-5H3,(H,54,59)(H,56,73)(H,57,74)(H,58,77)(H,60,76)(H,61,70)(H,62,72)(H,63,71)(H,64,75)(H,65,78)(H4,52,53,55)/t27-,31-,32-,33-,34-,35-,40-,41-/m0/s1. The molecule has 1 aromatic heterocycles. The number of Topliss-reactive ketones (excluding diaryl/α,β-unsaturated/α-hetero) is 1. The molecule has 1 fully saturated rings. The molecule has 3 rings (SSSR count). The maximum absolute atomic E-state index is 14.3. The number of amides is 10. The van der Waals surface area contributed by atoms with Crippen molar-refractivity contribution in [3.05, 3.63) is 48.0 Å². The number of phenols is 1. The number of imidazole rings is 1. The maximum atomic E-state index is 14.3. The highest BCUT2D eigenvalue weighted by molar-refractivity contribution is 6.28. The summed E-state index contributed by atoms with van der Waals surface area (Å²) in [6.07, 6.45) is 3.39. The molecule has 29 nitrogen and oxygen atoms in total. The summed E-state index contributed by atoms with van der Waals surface area (Å²) in [5.74, 6) is -9.83. The molecule has 0 unspecified atom stereocenters. The van der Waals surface area contributed by atoms with Crippen molar-refractivity contribution in [2.24, 2.45) is 34.0 Å². The minimum Gasteiger partial charge on any atom is -0.508 e. The summed E-state index contributed by atoms with van der Waals surface area (Å²) < 4.78 is 0. The highest BCUT2D eigenvalue weighted by Crippen LogP contribution is 2.21. The zero-order chi connectivity index (χ0) is 58.9. The molecule has 0 aliphatic carbocycles. The number of phenolic OH excluding ortho intramolecular Hbond substituents is 1. The van der Waals surface area contributed by atoms with Crippen LogP contribution in [0.15, 0.2) is 41.8 Å². The second kappa shape index (κ2) is 32.7. The third-order valence-electron chi connectivity index (χ3n) is 12.3. The molecule has 0 spiro atoms. The van der Waals surface area contributed by atoms with Crippen LogP contribution in [0.2, 0.25) is 0 Å². The van der Waals surface area contributed by atoms with Crippen molar-refractivity contribution in [3.63, 3.8) is 0 Å². The van der Waals surface area contributed by atoms with Crippen LogP contribution in [0, 0.1) is 11.8 Å². The van der Waals surface area contributed by atoms with E-state index >= 15 is 0 Å². The Kier molecular flexibility index (Phi) is 27.1. The Morgan fingerprint density at radius 1 is 0.734 bits per heavy atom. The van der Waals surface area contributed by atoms with Crippen molar-refractivity contribution in [1.29, 1.82) is 0 Å². The molecule has 1 aliphatic rings. The number of alkyl halides is 1. The van der Waals surface area contributed by atoms with Gasteiger partial charge in [-0.05, 0) is 62.1 Å². The predicted molar refractivity (Wildman–Crippen MR) is 285 cm³/mol. The van der Waals surface area contributed by atoms with Crippen LogP contribution in [0.3, 0.4) is 0 Å². The number of aliphatic hydroxyl groups is 1. The van der Waals surface area contributed by atoms with E-state index in [9.17, 15) is 57.8 Å². The first-order valence-electron chi connectivity index (χ1n) is 25.5. The Balaban J connectivity index is 1.69. The number of nitrogens with two attached hydrogens (primary N) is 3. The number of aromatic amines is 1. The number of likely N-dealkylation sites (tertiary alicyclic amines) is 1. The fraction of sp³-hybridized carbons (Fsp3) is 0.571. The minimum atomic E-state index is -1.34. The van der Waals surface area contributed by atoms with Crippen LogP contribution in [-0.4, -0.2) is 189 Å². The lowest BCUT2D eigenvalue weighted by Crippen LogP contribution is -2.60. The van der Waals surface area contributed by atoms with Gasteiger partial charge in [-0.1, -0.05) is 39.8 Å². The van der Waals surface area contributed by atoms with E-state index in [2.05, 4.69) is 62.8 Å². The Hall–Kier alpha value is -7.92. The summed E-state index contributed by atoms with van der Waals surface area (Å²) in [4.78, 5) is 158. The number of carbonyl (C=O) groups is 11. The first-order valence-corrected chi connectivity index (χ1v) is 26.1. The van der Waals surface area contributed by atoms with E-state index in [1.54, 1.807) is 27.7 Å². The lowest BCUT2D eigenvalue weighted by Gasteiger charge is -2.32. The van der Waals surface area contributed by atoms with Gasteiger partial charge in [-0.15, -0.1) is 11.6 Å². The summed E-state index contributed by atoms with van der Waals surface area (Å²) in [5.41, 5.74) is 17.3. The van der Waals surface area contributed by atoms with Gasteiger partial charge < -0.3 is 85.1 Å². The Morgan fingerprint density at radius 2 is 1.29 bits per heavy atom. The number of rotatable bonds is 32. The first-order chi connectivity index (χ1) is 37.3. The normalized spacial score (nSPS) is 15.6. The van der Waals surface area contributed by atoms with Crippen LogP contribution in [0.25, 0.3) is 0 Å². The molecule has 436 valence electrons. The first kappa shape index (κ1) is 65.4. The molecule has 2 aromatic rings. The third-order valence-corrected chi connectivity index (χ3v) is 12.6. The number of aromatic nitrogens is 2. The third kappa shape index (κ3) is 22.2. The molecule has 30 heteroatoms. The van der Waals surface area contributed by atoms with Crippen molar-refractivity contribution in [3.8, 4) is 5.75 Å². The molecule has 1 saturated heterocycles. The summed E-state index contributed by atoms with van der Waals surface area (Å²) in [5, 5.41) is 41.6. The van der Waals surface area contributed by atoms with Gasteiger partial charge in [0, 0.05) is 37.8 Å². The number of H-pyrrole nitrogens is 1. The summed E-state index contributed by atoms with van der Waals surface area (Å²) in [7, 11) is 0. The largest absolute Gasteiger partial charge is 0.508 e. The molecular formula is C49H75ClN16O13. The van der Waals surface area contributed by atoms with Crippen LogP contribution < -0.4 is 65.1 Å². The van der Waals surface area contributed by atoms with Gasteiger partial charge in [0.1, 0.15) is 48.0 Å². The second-order valence-electron chi connectivity index (χ2n) is 19.4. The Labute approximate surface area is 461 Å². The monoisotopic (exact) mass is 1130 g/mol. The van der Waals surface area contributed by atoms with Gasteiger partial charge in [0.05, 0.1) is 44.5 Å². The predicted octanol–water partition coefficient (Wildman–Crippen LogP) is -5.34. The lowest BCUT2D eigenvalue weighted by atomic mass is 9.98. The molecule has 1 aromatic carbocycles. The average molecular weight is 1130 g/mol. The number of hydrogen-bond donors (Lipinski definition) is 15. The van der Waals surface area contributed by atoms with Gasteiger partial charge in [-0.3, -0.25) is 57.7 Å². The molecule has 0 bridgehead atoms. The molecule has 10 amide bonds. The van der Waals surface area contributed by atoms with Gasteiger partial charge in [-0.2, -0.15) is 0 Å². The smallest absolute Gasteiger partial charge is 0.246 e. The topological polar surface area (TPSA) is 459 Å². The van der Waals surface area contributed by atoms with Gasteiger partial charge in [0.2, 0.25) is 59.1 Å². The van der Waals surface area contributed by atoms with Crippen molar-refractivity contribution in [2.75, 3.05) is 45.2 Å². The van der Waals surface area contributed by atoms with E-state index in [0.717, 1.165) is 0 Å². The summed E-state index contributed by atoms with van der Waals surface area (Å²) in [6, 6.07) is -3.85. The number of nitrogens with one attached hydrogen (secondary N) is 10. The fourth-order valence-corrected chi connectivity index (χ4v) is 8.14. The molecule has 79 heavy (non-hydrogen) atoms. The molecule has 8 atom stereocenters. The molecule has 0 radical (unpaired) electrons. The van der Waals surface area contributed by atoms with Crippen LogP contribution in [0.1, 0.15) is 71.6 Å². The SMILES string of the molecule is CC(C)[C@H](NC(=O)[C@H](CCCN=C(N)N)NC(=O)CNC(=O)[C@@H](N)CO)C(=O)N[C@H](C(=O)N1CCC[C@H]1C(=O)NCC(=O)N[C@@H](Cc1ccc(O)cc1)C(=O)NCC(=O)N[C@@H](Cc1cnc[nH]1)C(=O)N[C@@H](C)C(=O)CCl)C(C)C. The van der Waals surface area contributed by atoms with E-state index in [0.29, 0.717) is 17.7 Å². The number of halogens is 1. The number of ketones is 1. The number of benzene rings is 1. The van der Waals surface area contributed by atoms with E-state index in [4.69, 9.17) is 33.9 Å². The van der Waals surface area contributed by atoms with E-state index < -0.39 is 151 Å². The molecular weight excluding hydrogens is 1060 g/mol. The summed E-state index contributed by atoms with van der Waals surface area (Å²) in [6.45, 7) is 5.68. The fourth-order valence-electron chi connectivity index (χ4n) is 7.91. The number of hydrogen-bond acceptors (Lipinski definition) is 16. The van der Waals surface area contributed by atoms with Gasteiger partial charge in [0.15, 0.2) is 11.7 Å². The average Bonchev–Trinajstić information content (AvgIpc) is 4.15. The number of aromatic hydroxyl groups is 1. The van der Waals surface area contributed by atoms with Crippen molar-refractivity contribution < 1.29 is 63.0 Å². The highest BCUT2D eigenvalue weighted by atomic mass is 35.5. The molecule has 0 saturated carbocycles. The van der Waals surface area contributed by atoms with Gasteiger partial charge in [-0.25, -0.2) is 4.98 Å². The zero-order valence-corrected chi connectivity index (χ0v) is 45.5. The van der Waals surface area contributed by atoms with Crippen LogP contribution in [-0.2, 0) is 65.6 Å². The van der Waals surface area contributed by atoms with Crippen LogP contribution in [0.4, 0.5) is 0 Å². The highest BCUT2D eigenvalue weighted by Gasteiger charge is 2.40. The summed E-state index contributed by atoms with van der Waals surface area (Å²) >= 11 is 5.63. The van der Waals surface area contributed by atoms with Crippen molar-refractivity contribution in [1.82, 2.24) is 62.7 Å². The van der Waals surface area contributed by atoms with E-state index in [1.165, 1.54) is 48.6 Å². The lowest BCUT2D eigenvalue weighted by molar-refractivity contribution is -0.143. The Bertz CT molecular complexity index is 2460. The molecule has 2 heterocycles. The number of carbonyl (C=O) groups excluding carboxylic acids is 11. The second-order valence-corrected chi connectivity index (χ2v) is 19.7. The molecule has 18 N–H and O–H groups in total. The van der Waals surface area contributed by atoms with Crippen molar-refractivity contribution in [2.45, 2.75) is 121 Å². The number of guanidine groups is 1. The number of aliphatic imine (C=N–C) groups is 1. The zero-order valence-electron chi connectivity index (χ0n) is 44.8. The van der Waals surface area contributed by atoms with Crippen LogP contribution >= 0.6 is 11.6 Å². The quantitative estimate of drug-likeness (QED) is 0.0141. The van der Waals surface area contributed by atoms with Crippen LogP contribution in [0.5, 0.6) is 5.75 Å². The van der Waals surface area contributed by atoms with E-state index in [1.807, 2.05) is 0 Å². The Morgan fingerprint density at radius 3 is 1.85 bits per heavy atom. The minimum absolute atomic E-state index is 0.00470. The van der Waals surface area contributed by atoms with E-state index in [-0.39, 0.29) is 62.8 Å². The number of nitrogens with zero attached hydrogens (tertiary/aromatic N) is 3. The van der Waals surface area contributed by atoms with Gasteiger partial charge >= 0.3 is 0 Å². The maximum Gasteiger partial charge on any atom is 0.246 e. The molecule has 1 aliphatic heterocycles. The van der Waals surface area contributed by atoms with Gasteiger partial charge in [0.25, 0.3) is 0 Å².